The van der Waals surface area contributed by atoms with Crippen molar-refractivity contribution in [3.05, 3.63) is 0 Å². The quantitative estimate of drug-likeness (QED) is 0.430. The molecule has 0 heterocycles. The van der Waals surface area contributed by atoms with Gasteiger partial charge in [0.1, 0.15) is 0 Å². The largest absolute Gasteiger partial charge is 0.344 e. The van der Waals surface area contributed by atoms with E-state index in [4.69, 9.17) is 0 Å². The standard InChI is InChI=1S/H2NPS.H3N/c1-2-3;/h(H2,1,3);1H3. The zero-order valence-corrected chi connectivity index (χ0v) is 3.85. The molecule has 0 saturated heterocycles. The smallest absolute Gasteiger partial charge is 0.0555 e. The van der Waals surface area contributed by atoms with Crippen molar-refractivity contribution in [1.82, 2.24) is 6.15 Å². The maximum atomic E-state index is 4.63. The van der Waals surface area contributed by atoms with Gasteiger partial charge in [-0.05, 0) is 11.8 Å². The summed E-state index contributed by atoms with van der Waals surface area (Å²) in [6.07, 6.45) is 0. The van der Waals surface area contributed by atoms with Crippen molar-refractivity contribution in [2.24, 2.45) is 5.50 Å². The van der Waals surface area contributed by atoms with E-state index in [9.17, 15) is 0 Å². The predicted octanol–water partition coefficient (Wildman–Crippen LogP) is 0.430. The van der Waals surface area contributed by atoms with Crippen LogP contribution in [0.5, 0.6) is 0 Å². The summed E-state index contributed by atoms with van der Waals surface area (Å²) in [4.78, 5) is 0. The first-order valence-corrected chi connectivity index (χ1v) is 2.42. The molecule has 26 valence electrons. The second kappa shape index (κ2) is 9.88. The summed E-state index contributed by atoms with van der Waals surface area (Å²) in [5.74, 6) is 0. The van der Waals surface area contributed by atoms with Crippen LogP contribution in [-0.4, -0.2) is 0 Å². The lowest BCUT2D eigenvalue weighted by atomic mass is 13.9. The molecule has 4 heteroatoms. The molecule has 0 amide bonds. The normalized spacial score (nSPS) is 5.25. The number of nitrogens with two attached hydrogens (primary N) is 1. The van der Waals surface area contributed by atoms with E-state index >= 15 is 0 Å². The van der Waals surface area contributed by atoms with Crippen molar-refractivity contribution in [3.8, 4) is 0 Å². The molecule has 0 atom stereocenters. The van der Waals surface area contributed by atoms with Gasteiger partial charge < -0.3 is 6.15 Å². The molecule has 4 heavy (non-hydrogen) atoms. The fourth-order valence-corrected chi connectivity index (χ4v) is 0. The van der Waals surface area contributed by atoms with Gasteiger partial charge in [0.15, 0.2) is 0 Å². The van der Waals surface area contributed by atoms with Gasteiger partial charge in [0.05, 0.1) is 7.51 Å². The summed E-state index contributed by atoms with van der Waals surface area (Å²) in [6, 6.07) is 0. The van der Waals surface area contributed by atoms with E-state index in [1.807, 2.05) is 0 Å². The summed E-state index contributed by atoms with van der Waals surface area (Å²) in [5.41, 5.74) is 4.63. The van der Waals surface area contributed by atoms with Crippen LogP contribution < -0.4 is 11.7 Å². The average Bonchev–Trinajstić information content (AvgIpc) is 0.918. The lowest BCUT2D eigenvalue weighted by Crippen LogP contribution is -1.51. The monoisotopic (exact) mass is 96.0 g/mol. The van der Waals surface area contributed by atoms with Crippen LogP contribution in [0, 0.1) is 0 Å². The Morgan fingerprint density at radius 2 is 1.75 bits per heavy atom. The summed E-state index contributed by atoms with van der Waals surface area (Å²) >= 11 is 4.14. The third-order valence-corrected chi connectivity index (χ3v) is 0. The van der Waals surface area contributed by atoms with E-state index < -0.39 is 0 Å². The first-order chi connectivity index (χ1) is 1.41. The number of hydrogen-bond donors (Lipinski definition) is 2. The number of hydrogen-bond acceptors (Lipinski definition) is 2. The minimum absolute atomic E-state index is 0. The van der Waals surface area contributed by atoms with Crippen LogP contribution in [-0.2, 0) is 11.8 Å². The fraction of sp³-hybridized carbons (Fsp3) is 0. The van der Waals surface area contributed by atoms with Crippen LogP contribution in [0.3, 0.4) is 0 Å². The van der Waals surface area contributed by atoms with Gasteiger partial charge in [-0.1, -0.05) is 0 Å². The maximum Gasteiger partial charge on any atom is 0.0555 e. The summed E-state index contributed by atoms with van der Waals surface area (Å²) in [7, 11) is 0.500. The van der Waals surface area contributed by atoms with Gasteiger partial charge in [-0.3, -0.25) is 5.50 Å². The number of rotatable bonds is 0. The molecule has 0 aromatic heterocycles. The van der Waals surface area contributed by atoms with Gasteiger partial charge in [0.25, 0.3) is 0 Å². The molecular formula is H5N2PS. The van der Waals surface area contributed by atoms with Gasteiger partial charge in [0, 0.05) is 0 Å². The fourth-order valence-electron chi connectivity index (χ4n) is 0. The molecular weight excluding hydrogens is 91.1 g/mol. The molecule has 0 radical (unpaired) electrons. The highest BCUT2D eigenvalue weighted by Crippen LogP contribution is 1.57. The van der Waals surface area contributed by atoms with Crippen LogP contribution in [0.2, 0.25) is 0 Å². The van der Waals surface area contributed by atoms with Crippen molar-refractivity contribution in [3.63, 3.8) is 0 Å². The van der Waals surface area contributed by atoms with Gasteiger partial charge in [-0.2, -0.15) is 0 Å². The van der Waals surface area contributed by atoms with Crippen LogP contribution >= 0.6 is 7.51 Å². The van der Waals surface area contributed by atoms with Crippen LogP contribution in [0.25, 0.3) is 0 Å². The molecule has 0 fully saturated rings. The highest BCUT2D eigenvalue weighted by atomic mass is 32.4. The van der Waals surface area contributed by atoms with Crippen molar-refractivity contribution < 1.29 is 0 Å². The highest BCUT2D eigenvalue weighted by Gasteiger charge is 1.17. The molecule has 0 aliphatic rings. The Balaban J connectivity index is 0. The molecule has 2 nitrogen and oxygen atoms in total. The Bertz CT molecular complexity index is 13.5. The molecule has 0 aromatic carbocycles. The lowest BCUT2D eigenvalue weighted by Gasteiger charge is -1.31. The molecule has 0 aromatic rings. The zero-order valence-electron chi connectivity index (χ0n) is 2.14. The molecule has 0 bridgehead atoms. The van der Waals surface area contributed by atoms with Crippen LogP contribution in [0.1, 0.15) is 0 Å². The first-order valence-electron chi connectivity index (χ1n) is 0.441. The van der Waals surface area contributed by atoms with Crippen molar-refractivity contribution in [1.29, 1.82) is 0 Å². The highest BCUT2D eigenvalue weighted by molar-refractivity contribution is 7.95. The Morgan fingerprint density at radius 1 is 1.75 bits per heavy atom. The van der Waals surface area contributed by atoms with Gasteiger partial charge in [-0.15, -0.1) is 0 Å². The molecule has 0 rings (SSSR count). The molecule has 0 unspecified atom stereocenters. The molecule has 0 spiro atoms. The summed E-state index contributed by atoms with van der Waals surface area (Å²) in [6.45, 7) is 0. The van der Waals surface area contributed by atoms with Crippen molar-refractivity contribution >= 4 is 19.3 Å². The van der Waals surface area contributed by atoms with Crippen molar-refractivity contribution in [2.75, 3.05) is 0 Å². The van der Waals surface area contributed by atoms with Gasteiger partial charge in [0.2, 0.25) is 0 Å². The van der Waals surface area contributed by atoms with E-state index in [0.29, 0.717) is 7.51 Å². The maximum absolute atomic E-state index is 4.63. The third-order valence-electron chi connectivity index (χ3n) is 0. The Morgan fingerprint density at radius 3 is 1.75 bits per heavy atom. The Kier molecular flexibility index (Phi) is 21.8. The minimum Gasteiger partial charge on any atom is -0.344 e. The minimum atomic E-state index is 0. The Labute approximate surface area is 31.9 Å². The van der Waals surface area contributed by atoms with Gasteiger partial charge in [-0.25, -0.2) is 0 Å². The zero-order chi connectivity index (χ0) is 2.71. The third kappa shape index (κ3) is 26.1. The van der Waals surface area contributed by atoms with E-state index in [0.717, 1.165) is 0 Å². The van der Waals surface area contributed by atoms with Gasteiger partial charge >= 0.3 is 0 Å². The van der Waals surface area contributed by atoms with E-state index in [1.165, 1.54) is 0 Å². The first kappa shape index (κ1) is 8.83. The predicted molar refractivity (Wildman–Crippen MR) is 23.5 cm³/mol. The van der Waals surface area contributed by atoms with E-state index in [1.54, 1.807) is 0 Å². The lowest BCUT2D eigenvalue weighted by molar-refractivity contribution is 2.05. The topological polar surface area (TPSA) is 61.0 Å². The van der Waals surface area contributed by atoms with Crippen LogP contribution in [0.15, 0.2) is 0 Å². The van der Waals surface area contributed by atoms with Crippen LogP contribution in [0.4, 0.5) is 0 Å². The molecule has 0 aliphatic heterocycles. The summed E-state index contributed by atoms with van der Waals surface area (Å²) < 4.78 is 0. The van der Waals surface area contributed by atoms with E-state index in [-0.39, 0.29) is 6.15 Å². The second-order valence-corrected chi connectivity index (χ2v) is 0.949. The molecule has 5 N–H and O–H groups in total. The van der Waals surface area contributed by atoms with Crippen molar-refractivity contribution in [2.45, 2.75) is 0 Å². The van der Waals surface area contributed by atoms with E-state index in [2.05, 4.69) is 17.3 Å². The SMILES string of the molecule is N.NP=S. The Hall–Kier alpha value is 0.440. The summed E-state index contributed by atoms with van der Waals surface area (Å²) in [5, 5.41) is 0. The average molecular weight is 96.1 g/mol. The second-order valence-electron chi connectivity index (χ2n) is 0.105. The molecule has 0 saturated carbocycles. The molecule has 0 aliphatic carbocycles.